The van der Waals surface area contributed by atoms with Gasteiger partial charge in [-0.05, 0) is 12.1 Å². The van der Waals surface area contributed by atoms with Gasteiger partial charge in [0, 0.05) is 13.1 Å². The summed E-state index contributed by atoms with van der Waals surface area (Å²) in [5, 5.41) is 12.5. The van der Waals surface area contributed by atoms with E-state index in [1.165, 1.54) is 25.2 Å². The highest BCUT2D eigenvalue weighted by molar-refractivity contribution is 5.93. The molecule has 0 saturated heterocycles. The summed E-state index contributed by atoms with van der Waals surface area (Å²) >= 11 is 0. The Balaban J connectivity index is 2.24. The Morgan fingerprint density at radius 3 is 2.63 bits per heavy atom. The van der Waals surface area contributed by atoms with Crippen LogP contribution in [0.2, 0.25) is 0 Å². The van der Waals surface area contributed by atoms with Crippen LogP contribution in [0, 0.1) is 5.82 Å². The number of aromatic nitrogens is 2. The number of carboxylic acid groups (broad SMARTS) is 1. The van der Waals surface area contributed by atoms with Crippen molar-refractivity contribution in [1.29, 1.82) is 0 Å². The highest BCUT2D eigenvalue weighted by Gasteiger charge is 2.19. The number of hydrogen-bond acceptors (Lipinski definition) is 4. The number of para-hydroxylation sites is 1. The van der Waals surface area contributed by atoms with Gasteiger partial charge in [-0.2, -0.15) is 5.10 Å². The summed E-state index contributed by atoms with van der Waals surface area (Å²) in [4.78, 5) is 22.5. The first-order valence-electron chi connectivity index (χ1n) is 5.23. The normalized spacial score (nSPS) is 10.2. The summed E-state index contributed by atoms with van der Waals surface area (Å²) in [6.07, 6.45) is 0. The van der Waals surface area contributed by atoms with Crippen molar-refractivity contribution >= 4 is 11.9 Å². The number of nitrogens with zero attached hydrogens (tertiary/aromatic N) is 2. The van der Waals surface area contributed by atoms with Crippen LogP contribution in [0.5, 0.6) is 5.75 Å². The third kappa shape index (κ3) is 2.59. The molecule has 0 aliphatic heterocycles. The molecule has 1 aromatic heterocycles. The third-order valence-corrected chi connectivity index (χ3v) is 2.35. The number of aromatic carboxylic acids is 1. The number of hydrogen-bond donors (Lipinski definition) is 1. The van der Waals surface area contributed by atoms with Gasteiger partial charge in [-0.1, -0.05) is 12.1 Å². The van der Waals surface area contributed by atoms with Gasteiger partial charge in [-0.3, -0.25) is 4.68 Å². The molecule has 2 aromatic rings. The first-order chi connectivity index (χ1) is 8.99. The molecule has 0 fully saturated rings. The van der Waals surface area contributed by atoms with Gasteiger partial charge in [0.05, 0.1) is 0 Å². The SMILES string of the molecule is Cn1nc(C(=O)Oc2ccccc2F)cc1C(=O)O. The van der Waals surface area contributed by atoms with Gasteiger partial charge in [-0.25, -0.2) is 14.0 Å². The molecule has 1 heterocycles. The fraction of sp³-hybridized carbons (Fsp3) is 0.0833. The summed E-state index contributed by atoms with van der Waals surface area (Å²) in [5.41, 5.74) is -0.372. The molecule has 0 radical (unpaired) electrons. The Labute approximate surface area is 107 Å². The first-order valence-corrected chi connectivity index (χ1v) is 5.23. The second kappa shape index (κ2) is 4.89. The van der Waals surface area contributed by atoms with Crippen molar-refractivity contribution in [1.82, 2.24) is 9.78 Å². The summed E-state index contributed by atoms with van der Waals surface area (Å²) in [6.45, 7) is 0. The summed E-state index contributed by atoms with van der Waals surface area (Å²) in [5.74, 6) is -3.08. The van der Waals surface area contributed by atoms with Crippen LogP contribution in [0.15, 0.2) is 30.3 Å². The fourth-order valence-corrected chi connectivity index (χ4v) is 1.45. The van der Waals surface area contributed by atoms with Crippen molar-refractivity contribution in [3.05, 3.63) is 47.5 Å². The highest BCUT2D eigenvalue weighted by atomic mass is 19.1. The molecule has 0 amide bonds. The molecule has 0 bridgehead atoms. The number of benzene rings is 1. The van der Waals surface area contributed by atoms with E-state index in [4.69, 9.17) is 9.84 Å². The summed E-state index contributed by atoms with van der Waals surface area (Å²) in [6, 6.07) is 6.45. The lowest BCUT2D eigenvalue weighted by Crippen LogP contribution is -2.10. The second-order valence-electron chi connectivity index (χ2n) is 3.66. The van der Waals surface area contributed by atoms with Crippen LogP contribution in [0.1, 0.15) is 21.0 Å². The van der Waals surface area contributed by atoms with Gasteiger partial charge in [-0.15, -0.1) is 0 Å². The van der Waals surface area contributed by atoms with E-state index in [0.717, 1.165) is 16.8 Å². The molecule has 98 valence electrons. The molecule has 0 aliphatic rings. The van der Waals surface area contributed by atoms with Crippen LogP contribution in [-0.4, -0.2) is 26.8 Å². The molecule has 19 heavy (non-hydrogen) atoms. The van der Waals surface area contributed by atoms with Crippen molar-refractivity contribution in [2.45, 2.75) is 0 Å². The van der Waals surface area contributed by atoms with Crippen LogP contribution in [0.25, 0.3) is 0 Å². The van der Waals surface area contributed by atoms with Crippen molar-refractivity contribution in [3.63, 3.8) is 0 Å². The minimum atomic E-state index is -1.22. The molecule has 1 aromatic carbocycles. The summed E-state index contributed by atoms with van der Waals surface area (Å²) < 4.78 is 19.1. The zero-order valence-corrected chi connectivity index (χ0v) is 9.83. The Morgan fingerprint density at radius 2 is 2.05 bits per heavy atom. The highest BCUT2D eigenvalue weighted by Crippen LogP contribution is 2.17. The minimum absolute atomic E-state index is 0.166. The molecule has 6 nitrogen and oxygen atoms in total. The van der Waals surface area contributed by atoms with Crippen LogP contribution in [0.4, 0.5) is 4.39 Å². The standard InChI is InChI=1S/C12H9FN2O4/c1-15-9(11(16)17)6-8(14-15)12(18)19-10-5-3-2-4-7(10)13/h2-6H,1H3,(H,16,17). The van der Waals surface area contributed by atoms with E-state index in [1.54, 1.807) is 0 Å². The average molecular weight is 264 g/mol. The van der Waals surface area contributed by atoms with Crippen LogP contribution < -0.4 is 4.74 Å². The lowest BCUT2D eigenvalue weighted by atomic mass is 10.3. The van der Waals surface area contributed by atoms with E-state index >= 15 is 0 Å². The van der Waals surface area contributed by atoms with E-state index in [0.29, 0.717) is 0 Å². The van der Waals surface area contributed by atoms with Crippen molar-refractivity contribution in [2.75, 3.05) is 0 Å². The number of halogens is 1. The van der Waals surface area contributed by atoms with Crippen molar-refractivity contribution < 1.29 is 23.8 Å². The maximum atomic E-state index is 13.3. The quantitative estimate of drug-likeness (QED) is 0.670. The maximum absolute atomic E-state index is 13.3. The van der Waals surface area contributed by atoms with Gasteiger partial charge in [0.1, 0.15) is 5.69 Å². The molecule has 0 aliphatic carbocycles. The van der Waals surface area contributed by atoms with Gasteiger partial charge in [0.25, 0.3) is 0 Å². The lowest BCUT2D eigenvalue weighted by molar-refractivity contribution is 0.0683. The molecule has 0 unspecified atom stereocenters. The van der Waals surface area contributed by atoms with Crippen molar-refractivity contribution in [3.8, 4) is 5.75 Å². The number of ether oxygens (including phenoxy) is 1. The van der Waals surface area contributed by atoms with Gasteiger partial charge >= 0.3 is 11.9 Å². The van der Waals surface area contributed by atoms with Gasteiger partial charge in [0.2, 0.25) is 0 Å². The van der Waals surface area contributed by atoms with Crippen LogP contribution >= 0.6 is 0 Å². The van der Waals surface area contributed by atoms with Gasteiger partial charge < -0.3 is 9.84 Å². The zero-order chi connectivity index (χ0) is 14.0. The number of rotatable bonds is 3. The smallest absolute Gasteiger partial charge is 0.364 e. The van der Waals surface area contributed by atoms with E-state index in [1.807, 2.05) is 0 Å². The molecule has 0 atom stereocenters. The number of esters is 1. The molecule has 2 rings (SSSR count). The Morgan fingerprint density at radius 1 is 1.37 bits per heavy atom. The topological polar surface area (TPSA) is 81.4 Å². The molecular weight excluding hydrogens is 255 g/mol. The molecule has 7 heteroatoms. The van der Waals surface area contributed by atoms with Crippen molar-refractivity contribution in [2.24, 2.45) is 7.05 Å². The average Bonchev–Trinajstić information content (AvgIpc) is 2.74. The minimum Gasteiger partial charge on any atom is -0.477 e. The Kier molecular flexibility index (Phi) is 3.28. The number of carbonyl (C=O) groups excluding carboxylic acids is 1. The molecule has 1 N–H and O–H groups in total. The summed E-state index contributed by atoms with van der Waals surface area (Å²) in [7, 11) is 1.38. The number of carbonyl (C=O) groups is 2. The number of carboxylic acids is 1. The zero-order valence-electron chi connectivity index (χ0n) is 9.83. The maximum Gasteiger partial charge on any atom is 0.364 e. The van der Waals surface area contributed by atoms with Crippen LogP contribution in [-0.2, 0) is 7.05 Å². The second-order valence-corrected chi connectivity index (χ2v) is 3.66. The Hall–Kier alpha value is -2.70. The van der Waals surface area contributed by atoms with E-state index in [-0.39, 0.29) is 17.1 Å². The number of aryl methyl sites for hydroxylation is 1. The monoisotopic (exact) mass is 264 g/mol. The van der Waals surface area contributed by atoms with Gasteiger partial charge in [0.15, 0.2) is 17.3 Å². The third-order valence-electron chi connectivity index (χ3n) is 2.35. The predicted octanol–water partition coefficient (Wildman–Crippen LogP) is 1.48. The largest absolute Gasteiger partial charge is 0.477 e. The fourth-order valence-electron chi connectivity index (χ4n) is 1.45. The Bertz CT molecular complexity index is 651. The molecule has 0 spiro atoms. The van der Waals surface area contributed by atoms with E-state index in [2.05, 4.69) is 5.10 Å². The predicted molar refractivity (Wildman–Crippen MR) is 61.5 cm³/mol. The molecule has 0 saturated carbocycles. The molecular formula is C12H9FN2O4. The lowest BCUT2D eigenvalue weighted by Gasteiger charge is -2.02. The van der Waals surface area contributed by atoms with E-state index in [9.17, 15) is 14.0 Å². The first kappa shape index (κ1) is 12.7. The van der Waals surface area contributed by atoms with Crippen LogP contribution in [0.3, 0.4) is 0 Å². The van der Waals surface area contributed by atoms with E-state index < -0.39 is 17.8 Å².